The highest BCUT2D eigenvalue weighted by Gasteiger charge is 2.38. The van der Waals surface area contributed by atoms with Crippen molar-refractivity contribution in [2.45, 2.75) is 50.6 Å². The molecule has 0 aromatic carbocycles. The van der Waals surface area contributed by atoms with Crippen molar-refractivity contribution < 1.29 is 9.59 Å². The fraction of sp³-hybridized carbons (Fsp3) is 0.857. The number of fused-ring (bicyclic) bond motifs is 1. The molecule has 2 saturated heterocycles. The van der Waals surface area contributed by atoms with Gasteiger partial charge in [0.25, 0.3) is 0 Å². The van der Waals surface area contributed by atoms with E-state index in [0.717, 1.165) is 38.6 Å². The molecule has 3 aliphatic rings. The second kappa shape index (κ2) is 5.12. The first-order valence-corrected chi connectivity index (χ1v) is 7.49. The van der Waals surface area contributed by atoms with Crippen LogP contribution < -0.4 is 5.73 Å². The summed E-state index contributed by atoms with van der Waals surface area (Å²) in [4.78, 5) is 28.1. The van der Waals surface area contributed by atoms with E-state index in [0.29, 0.717) is 19.5 Å². The molecule has 19 heavy (non-hydrogen) atoms. The van der Waals surface area contributed by atoms with Crippen LogP contribution in [-0.4, -0.2) is 53.3 Å². The molecule has 2 N–H and O–H groups in total. The van der Waals surface area contributed by atoms with Gasteiger partial charge in [-0.1, -0.05) is 6.42 Å². The summed E-state index contributed by atoms with van der Waals surface area (Å²) in [5.74, 6) is 0.651. The summed E-state index contributed by atoms with van der Waals surface area (Å²) in [6, 6.07) is 0.458. The van der Waals surface area contributed by atoms with Crippen LogP contribution in [0.5, 0.6) is 0 Å². The highest BCUT2D eigenvalue weighted by molar-refractivity contribution is 5.81. The Balaban J connectivity index is 1.60. The SMILES string of the molecule is NC1CCCC(C(=O)N2CCN3C(=O)CCC3C2)C1. The maximum absolute atomic E-state index is 12.5. The quantitative estimate of drug-likeness (QED) is 0.743. The number of carbonyl (C=O) groups is 2. The van der Waals surface area contributed by atoms with Crippen molar-refractivity contribution in [1.29, 1.82) is 0 Å². The first-order chi connectivity index (χ1) is 9.15. The van der Waals surface area contributed by atoms with Gasteiger partial charge in [-0.3, -0.25) is 9.59 Å². The molecule has 0 aromatic heterocycles. The Hall–Kier alpha value is -1.10. The highest BCUT2D eigenvalue weighted by atomic mass is 16.2. The van der Waals surface area contributed by atoms with E-state index in [9.17, 15) is 9.59 Å². The van der Waals surface area contributed by atoms with E-state index in [1.807, 2.05) is 9.80 Å². The molecule has 3 rings (SSSR count). The Bertz CT molecular complexity index is 385. The van der Waals surface area contributed by atoms with E-state index in [-0.39, 0.29) is 29.8 Å². The molecule has 2 heterocycles. The van der Waals surface area contributed by atoms with E-state index in [4.69, 9.17) is 5.73 Å². The standard InChI is InChI=1S/C14H23N3O2/c15-11-3-1-2-10(8-11)14(19)16-6-7-17-12(9-16)4-5-13(17)18/h10-12H,1-9,15H2. The number of nitrogens with two attached hydrogens (primary N) is 1. The van der Waals surface area contributed by atoms with Gasteiger partial charge in [0.05, 0.1) is 0 Å². The van der Waals surface area contributed by atoms with Gasteiger partial charge >= 0.3 is 0 Å². The number of hydrogen-bond donors (Lipinski definition) is 1. The maximum atomic E-state index is 12.5. The van der Waals surface area contributed by atoms with E-state index in [1.54, 1.807) is 0 Å². The van der Waals surface area contributed by atoms with E-state index >= 15 is 0 Å². The van der Waals surface area contributed by atoms with Crippen molar-refractivity contribution in [3.05, 3.63) is 0 Å². The Morgan fingerprint density at radius 3 is 2.84 bits per heavy atom. The lowest BCUT2D eigenvalue weighted by Crippen LogP contribution is -2.54. The monoisotopic (exact) mass is 265 g/mol. The summed E-state index contributed by atoms with van der Waals surface area (Å²) in [7, 11) is 0. The third kappa shape index (κ3) is 2.48. The minimum absolute atomic E-state index is 0.118. The van der Waals surface area contributed by atoms with Crippen LogP contribution in [-0.2, 0) is 9.59 Å². The first kappa shape index (κ1) is 12.9. The zero-order chi connectivity index (χ0) is 13.4. The summed E-state index contributed by atoms with van der Waals surface area (Å²) in [6.45, 7) is 2.15. The fourth-order valence-corrected chi connectivity index (χ4v) is 3.77. The Kier molecular flexibility index (Phi) is 3.48. The number of amides is 2. The van der Waals surface area contributed by atoms with Gasteiger partial charge in [-0.2, -0.15) is 0 Å². The van der Waals surface area contributed by atoms with Crippen LogP contribution in [0.25, 0.3) is 0 Å². The lowest BCUT2D eigenvalue weighted by molar-refractivity contribution is -0.142. The molecule has 106 valence electrons. The van der Waals surface area contributed by atoms with Crippen molar-refractivity contribution in [2.24, 2.45) is 11.7 Å². The zero-order valence-corrected chi connectivity index (χ0v) is 11.4. The average Bonchev–Trinajstić information content (AvgIpc) is 2.79. The summed E-state index contributed by atoms with van der Waals surface area (Å²) < 4.78 is 0. The van der Waals surface area contributed by atoms with Gasteiger partial charge in [-0.25, -0.2) is 0 Å². The average molecular weight is 265 g/mol. The number of carbonyl (C=O) groups excluding carboxylic acids is 2. The van der Waals surface area contributed by atoms with Gasteiger partial charge in [-0.05, 0) is 25.7 Å². The molecule has 0 radical (unpaired) electrons. The number of rotatable bonds is 1. The Morgan fingerprint density at radius 1 is 1.21 bits per heavy atom. The molecular weight excluding hydrogens is 242 g/mol. The van der Waals surface area contributed by atoms with Crippen molar-refractivity contribution in [3.63, 3.8) is 0 Å². The minimum atomic E-state index is 0.118. The van der Waals surface area contributed by atoms with E-state index in [1.165, 1.54) is 0 Å². The normalized spacial score (nSPS) is 35.4. The number of nitrogens with zero attached hydrogens (tertiary/aromatic N) is 2. The van der Waals surface area contributed by atoms with E-state index in [2.05, 4.69) is 0 Å². The van der Waals surface area contributed by atoms with Crippen molar-refractivity contribution in [2.75, 3.05) is 19.6 Å². The summed E-state index contributed by atoms with van der Waals surface area (Å²) in [5, 5.41) is 0. The molecule has 5 heteroatoms. The molecule has 3 unspecified atom stereocenters. The largest absolute Gasteiger partial charge is 0.339 e. The smallest absolute Gasteiger partial charge is 0.225 e. The van der Waals surface area contributed by atoms with Crippen LogP contribution in [0.4, 0.5) is 0 Å². The third-order valence-corrected chi connectivity index (χ3v) is 4.87. The van der Waals surface area contributed by atoms with Crippen LogP contribution >= 0.6 is 0 Å². The first-order valence-electron chi connectivity index (χ1n) is 7.49. The van der Waals surface area contributed by atoms with Gasteiger partial charge in [0, 0.05) is 44.1 Å². The molecule has 0 spiro atoms. The lowest BCUT2D eigenvalue weighted by Gasteiger charge is -2.40. The van der Waals surface area contributed by atoms with Crippen molar-refractivity contribution >= 4 is 11.8 Å². The molecule has 1 aliphatic carbocycles. The van der Waals surface area contributed by atoms with Gasteiger partial charge in [0.2, 0.25) is 11.8 Å². The predicted molar refractivity (Wildman–Crippen MR) is 71.2 cm³/mol. The van der Waals surface area contributed by atoms with Crippen molar-refractivity contribution in [1.82, 2.24) is 9.80 Å². The molecule has 0 aromatic rings. The van der Waals surface area contributed by atoms with Crippen LogP contribution in [0.2, 0.25) is 0 Å². The van der Waals surface area contributed by atoms with Gasteiger partial charge in [-0.15, -0.1) is 0 Å². The maximum Gasteiger partial charge on any atom is 0.225 e. The van der Waals surface area contributed by atoms with Gasteiger partial charge in [0.1, 0.15) is 0 Å². The van der Waals surface area contributed by atoms with E-state index < -0.39 is 0 Å². The lowest BCUT2D eigenvalue weighted by atomic mass is 9.85. The zero-order valence-electron chi connectivity index (χ0n) is 11.4. The summed E-state index contributed by atoms with van der Waals surface area (Å²) in [5.41, 5.74) is 5.97. The van der Waals surface area contributed by atoms with Crippen LogP contribution in [0.15, 0.2) is 0 Å². The minimum Gasteiger partial charge on any atom is -0.339 e. The molecule has 2 amide bonds. The topological polar surface area (TPSA) is 66.6 Å². The number of hydrogen-bond acceptors (Lipinski definition) is 3. The third-order valence-electron chi connectivity index (χ3n) is 4.87. The summed E-state index contributed by atoms with van der Waals surface area (Å²) in [6.07, 6.45) is 5.50. The molecule has 3 fully saturated rings. The summed E-state index contributed by atoms with van der Waals surface area (Å²) >= 11 is 0. The molecule has 2 aliphatic heterocycles. The molecule has 0 bridgehead atoms. The molecule has 3 atom stereocenters. The van der Waals surface area contributed by atoms with Gasteiger partial charge < -0.3 is 15.5 Å². The Labute approximate surface area is 114 Å². The molecular formula is C14H23N3O2. The number of piperazine rings is 1. The highest BCUT2D eigenvalue weighted by Crippen LogP contribution is 2.28. The predicted octanol–water partition coefficient (Wildman–Crippen LogP) is 0.337. The van der Waals surface area contributed by atoms with Crippen molar-refractivity contribution in [3.8, 4) is 0 Å². The van der Waals surface area contributed by atoms with Crippen LogP contribution in [0.1, 0.15) is 38.5 Å². The Morgan fingerprint density at radius 2 is 2.05 bits per heavy atom. The van der Waals surface area contributed by atoms with Gasteiger partial charge in [0.15, 0.2) is 0 Å². The molecule has 1 saturated carbocycles. The fourth-order valence-electron chi connectivity index (χ4n) is 3.77. The van der Waals surface area contributed by atoms with Crippen LogP contribution in [0.3, 0.4) is 0 Å². The second-order valence-electron chi connectivity index (χ2n) is 6.19. The second-order valence-corrected chi connectivity index (χ2v) is 6.19. The van der Waals surface area contributed by atoms with Crippen LogP contribution in [0, 0.1) is 5.92 Å². The molecule has 5 nitrogen and oxygen atoms in total.